The van der Waals surface area contributed by atoms with E-state index in [-0.39, 0.29) is 17.2 Å². The van der Waals surface area contributed by atoms with Crippen LogP contribution in [0.15, 0.2) is 34.9 Å². The van der Waals surface area contributed by atoms with Gasteiger partial charge in [-0.15, -0.1) is 0 Å². The molecule has 0 spiro atoms. The molecule has 2 rings (SSSR count). The van der Waals surface area contributed by atoms with Gasteiger partial charge in [-0.2, -0.15) is 4.39 Å². The summed E-state index contributed by atoms with van der Waals surface area (Å²) in [6.07, 6.45) is 1.91. The Morgan fingerprint density at radius 3 is 2.83 bits per heavy atom. The van der Waals surface area contributed by atoms with Gasteiger partial charge in [0.25, 0.3) is 0 Å². The lowest BCUT2D eigenvalue weighted by Gasteiger charge is -2.08. The summed E-state index contributed by atoms with van der Waals surface area (Å²) in [4.78, 5) is 14.5. The van der Waals surface area contributed by atoms with Crippen molar-refractivity contribution in [1.29, 1.82) is 0 Å². The second kappa shape index (κ2) is 5.22. The number of halogens is 3. The Labute approximate surface area is 110 Å². The maximum atomic E-state index is 13.5. The zero-order chi connectivity index (χ0) is 13.1. The van der Waals surface area contributed by atoms with Crippen LogP contribution < -0.4 is 4.74 Å². The second-order valence-electron chi connectivity index (χ2n) is 3.32. The molecule has 0 aliphatic heterocycles. The SMILES string of the molecule is O=Cc1cccnc1Oc1cc(Br)cc(F)c1F. The van der Waals surface area contributed by atoms with Crippen LogP contribution in [0.5, 0.6) is 11.6 Å². The van der Waals surface area contributed by atoms with Gasteiger partial charge in [0.15, 0.2) is 17.9 Å². The van der Waals surface area contributed by atoms with Crippen LogP contribution >= 0.6 is 15.9 Å². The highest BCUT2D eigenvalue weighted by molar-refractivity contribution is 9.10. The van der Waals surface area contributed by atoms with Gasteiger partial charge in [0.1, 0.15) is 0 Å². The summed E-state index contributed by atoms with van der Waals surface area (Å²) in [7, 11) is 0. The monoisotopic (exact) mass is 313 g/mol. The van der Waals surface area contributed by atoms with Crippen LogP contribution in [0.3, 0.4) is 0 Å². The topological polar surface area (TPSA) is 39.2 Å². The van der Waals surface area contributed by atoms with E-state index in [9.17, 15) is 13.6 Å². The van der Waals surface area contributed by atoms with Crippen molar-refractivity contribution in [2.45, 2.75) is 0 Å². The van der Waals surface area contributed by atoms with Crippen molar-refractivity contribution >= 4 is 22.2 Å². The molecule has 0 N–H and O–H groups in total. The predicted octanol–water partition coefficient (Wildman–Crippen LogP) is 3.73. The van der Waals surface area contributed by atoms with E-state index in [1.165, 1.54) is 24.4 Å². The van der Waals surface area contributed by atoms with Crippen LogP contribution in [0, 0.1) is 11.6 Å². The smallest absolute Gasteiger partial charge is 0.229 e. The first-order valence-electron chi connectivity index (χ1n) is 4.84. The number of hydrogen-bond acceptors (Lipinski definition) is 3. The normalized spacial score (nSPS) is 10.2. The minimum absolute atomic E-state index is 0.0797. The van der Waals surface area contributed by atoms with E-state index < -0.39 is 11.6 Å². The minimum Gasteiger partial charge on any atom is -0.435 e. The second-order valence-corrected chi connectivity index (χ2v) is 4.23. The van der Waals surface area contributed by atoms with Gasteiger partial charge in [0.05, 0.1) is 5.56 Å². The molecule has 0 unspecified atom stereocenters. The first kappa shape index (κ1) is 12.6. The molecule has 0 radical (unpaired) electrons. The Balaban J connectivity index is 2.43. The third-order valence-corrected chi connectivity index (χ3v) is 2.55. The van der Waals surface area contributed by atoms with Gasteiger partial charge in [0.2, 0.25) is 11.7 Å². The Bertz CT molecular complexity index is 605. The zero-order valence-electron chi connectivity index (χ0n) is 8.86. The molecule has 1 heterocycles. The molecule has 0 saturated heterocycles. The van der Waals surface area contributed by atoms with Crippen LogP contribution in [0.2, 0.25) is 0 Å². The van der Waals surface area contributed by atoms with Gasteiger partial charge < -0.3 is 4.74 Å². The standard InChI is InChI=1S/C12H6BrF2NO2/c13-8-4-9(14)11(15)10(5-8)18-12-7(6-17)2-1-3-16-12/h1-6H. The molecular weight excluding hydrogens is 308 g/mol. The molecule has 0 aliphatic rings. The molecule has 0 aliphatic carbocycles. The molecule has 3 nitrogen and oxygen atoms in total. The summed E-state index contributed by atoms with van der Waals surface area (Å²) in [5.41, 5.74) is 0.150. The summed E-state index contributed by atoms with van der Waals surface area (Å²) in [5.74, 6) is -2.61. The van der Waals surface area contributed by atoms with Crippen molar-refractivity contribution < 1.29 is 18.3 Å². The van der Waals surface area contributed by atoms with E-state index >= 15 is 0 Å². The zero-order valence-corrected chi connectivity index (χ0v) is 10.4. The molecule has 18 heavy (non-hydrogen) atoms. The van der Waals surface area contributed by atoms with E-state index in [2.05, 4.69) is 20.9 Å². The van der Waals surface area contributed by atoms with Crippen molar-refractivity contribution in [2.75, 3.05) is 0 Å². The fraction of sp³-hybridized carbons (Fsp3) is 0. The number of aromatic nitrogens is 1. The molecule has 2 aromatic rings. The summed E-state index contributed by atoms with van der Waals surface area (Å²) in [5, 5.41) is 0. The lowest BCUT2D eigenvalue weighted by molar-refractivity contribution is 0.112. The molecule has 1 aromatic carbocycles. The molecule has 0 atom stereocenters. The first-order chi connectivity index (χ1) is 8.61. The van der Waals surface area contributed by atoms with Crippen LogP contribution in [-0.2, 0) is 0 Å². The number of ether oxygens (including phenoxy) is 1. The van der Waals surface area contributed by atoms with E-state index in [1.54, 1.807) is 0 Å². The molecule has 92 valence electrons. The van der Waals surface area contributed by atoms with Gasteiger partial charge in [-0.1, -0.05) is 15.9 Å². The highest BCUT2D eigenvalue weighted by atomic mass is 79.9. The number of carbonyl (C=O) groups excluding carboxylic acids is 1. The number of nitrogens with zero attached hydrogens (tertiary/aromatic N) is 1. The lowest BCUT2D eigenvalue weighted by Crippen LogP contribution is -1.97. The Morgan fingerprint density at radius 1 is 1.33 bits per heavy atom. The molecule has 1 aromatic heterocycles. The van der Waals surface area contributed by atoms with Crippen molar-refractivity contribution in [3.8, 4) is 11.6 Å². The molecule has 0 bridgehead atoms. The fourth-order valence-electron chi connectivity index (χ4n) is 1.29. The Kier molecular flexibility index (Phi) is 3.66. The van der Waals surface area contributed by atoms with Gasteiger partial charge in [-0.3, -0.25) is 4.79 Å². The summed E-state index contributed by atoms with van der Waals surface area (Å²) < 4.78 is 32.0. The third-order valence-electron chi connectivity index (χ3n) is 2.09. The average Bonchev–Trinajstić information content (AvgIpc) is 2.36. The van der Waals surface area contributed by atoms with E-state index in [0.29, 0.717) is 10.8 Å². The van der Waals surface area contributed by atoms with Gasteiger partial charge in [0, 0.05) is 10.7 Å². The van der Waals surface area contributed by atoms with E-state index in [1.807, 2.05) is 0 Å². The largest absolute Gasteiger partial charge is 0.435 e. The highest BCUT2D eigenvalue weighted by Gasteiger charge is 2.14. The average molecular weight is 314 g/mol. The van der Waals surface area contributed by atoms with Crippen LogP contribution in [0.4, 0.5) is 8.78 Å². The molecule has 6 heteroatoms. The maximum absolute atomic E-state index is 13.5. The van der Waals surface area contributed by atoms with E-state index in [0.717, 1.165) is 6.07 Å². The number of carbonyl (C=O) groups is 1. The summed E-state index contributed by atoms with van der Waals surface area (Å²) in [6.45, 7) is 0. The molecule has 0 saturated carbocycles. The fourth-order valence-corrected chi connectivity index (χ4v) is 1.70. The van der Waals surface area contributed by atoms with Gasteiger partial charge in [-0.25, -0.2) is 9.37 Å². The number of benzene rings is 1. The highest BCUT2D eigenvalue weighted by Crippen LogP contribution is 2.29. The van der Waals surface area contributed by atoms with E-state index in [4.69, 9.17) is 4.74 Å². The maximum Gasteiger partial charge on any atom is 0.229 e. The van der Waals surface area contributed by atoms with Crippen molar-refractivity contribution in [1.82, 2.24) is 4.98 Å². The van der Waals surface area contributed by atoms with Crippen molar-refractivity contribution in [3.05, 3.63) is 52.1 Å². The predicted molar refractivity (Wildman–Crippen MR) is 63.8 cm³/mol. The molecule has 0 fully saturated rings. The Morgan fingerprint density at radius 2 is 2.11 bits per heavy atom. The molecular formula is C12H6BrF2NO2. The van der Waals surface area contributed by atoms with Crippen LogP contribution in [-0.4, -0.2) is 11.3 Å². The summed E-state index contributed by atoms with van der Waals surface area (Å²) in [6, 6.07) is 5.22. The van der Waals surface area contributed by atoms with Crippen molar-refractivity contribution in [2.24, 2.45) is 0 Å². The summed E-state index contributed by atoms with van der Waals surface area (Å²) >= 11 is 3.02. The lowest BCUT2D eigenvalue weighted by atomic mass is 10.3. The Hall–Kier alpha value is -1.82. The third kappa shape index (κ3) is 2.53. The number of rotatable bonds is 3. The number of hydrogen-bond donors (Lipinski definition) is 0. The van der Waals surface area contributed by atoms with Crippen LogP contribution in [0.1, 0.15) is 10.4 Å². The van der Waals surface area contributed by atoms with Gasteiger partial charge in [-0.05, 0) is 24.3 Å². The number of pyridine rings is 1. The first-order valence-corrected chi connectivity index (χ1v) is 5.63. The van der Waals surface area contributed by atoms with Gasteiger partial charge >= 0.3 is 0 Å². The van der Waals surface area contributed by atoms with Crippen LogP contribution in [0.25, 0.3) is 0 Å². The van der Waals surface area contributed by atoms with Crippen molar-refractivity contribution in [3.63, 3.8) is 0 Å². The quantitative estimate of drug-likeness (QED) is 0.640. The number of aldehydes is 1. The minimum atomic E-state index is -1.14. The molecule has 0 amide bonds.